The summed E-state index contributed by atoms with van der Waals surface area (Å²) in [6.45, 7) is 16.0. The van der Waals surface area contributed by atoms with Crippen LogP contribution in [0, 0.1) is 5.92 Å². The molecule has 0 aliphatic carbocycles. The molecule has 0 spiro atoms. The first-order valence-corrected chi connectivity index (χ1v) is 6.13. The first-order valence-electron chi connectivity index (χ1n) is 6.13. The van der Waals surface area contributed by atoms with E-state index in [-0.39, 0.29) is 0 Å². The minimum Gasteiger partial charge on any atom is -0.309 e. The van der Waals surface area contributed by atoms with E-state index in [1.807, 2.05) is 0 Å². The molecule has 0 atom stereocenters. The smallest absolute Gasteiger partial charge is 0.0196 e. The van der Waals surface area contributed by atoms with Gasteiger partial charge in [-0.1, -0.05) is 19.4 Å². The Morgan fingerprint density at radius 2 is 1.87 bits per heavy atom. The van der Waals surface area contributed by atoms with E-state index < -0.39 is 0 Å². The molecule has 1 heterocycles. The largest absolute Gasteiger partial charge is 0.309 e. The topological polar surface area (TPSA) is 15.3 Å². The second-order valence-corrected chi connectivity index (χ2v) is 5.40. The Bertz CT molecular complexity index is 223. The summed E-state index contributed by atoms with van der Waals surface area (Å²) in [5, 5.41) is 3.31. The van der Waals surface area contributed by atoms with Gasteiger partial charge in [0.2, 0.25) is 0 Å². The Morgan fingerprint density at radius 1 is 1.27 bits per heavy atom. The molecule has 15 heavy (non-hydrogen) atoms. The van der Waals surface area contributed by atoms with E-state index >= 15 is 0 Å². The van der Waals surface area contributed by atoms with Crippen LogP contribution in [0.25, 0.3) is 0 Å². The molecule has 0 aromatic rings. The minimum atomic E-state index is 0.649. The zero-order chi connectivity index (χ0) is 11.4. The van der Waals surface area contributed by atoms with Crippen LogP contribution in [0.2, 0.25) is 0 Å². The fourth-order valence-corrected chi connectivity index (χ4v) is 1.90. The average molecular weight is 210 g/mol. The highest BCUT2D eigenvalue weighted by atomic mass is 15.1. The van der Waals surface area contributed by atoms with Crippen LogP contribution in [-0.2, 0) is 0 Å². The van der Waals surface area contributed by atoms with Crippen LogP contribution in [0.1, 0.15) is 34.6 Å². The molecule has 2 heteroatoms. The normalized spacial score (nSPS) is 16.4. The predicted molar refractivity (Wildman–Crippen MR) is 67.1 cm³/mol. The van der Waals surface area contributed by atoms with Crippen LogP contribution in [-0.4, -0.2) is 37.1 Å². The average Bonchev–Trinajstić information content (AvgIpc) is 1.98. The zero-order valence-electron chi connectivity index (χ0n) is 10.9. The Labute approximate surface area is 94.7 Å². The molecule has 1 rings (SSSR count). The van der Waals surface area contributed by atoms with Gasteiger partial charge in [0, 0.05) is 32.2 Å². The van der Waals surface area contributed by atoms with Gasteiger partial charge in [0.15, 0.2) is 0 Å². The summed E-state index contributed by atoms with van der Waals surface area (Å²) in [5.74, 6) is 0.754. The van der Waals surface area contributed by atoms with E-state index in [9.17, 15) is 0 Å². The molecule has 0 unspecified atom stereocenters. The lowest BCUT2D eigenvalue weighted by molar-refractivity contribution is 0.213. The summed E-state index contributed by atoms with van der Waals surface area (Å²) >= 11 is 0. The summed E-state index contributed by atoms with van der Waals surface area (Å²) in [6, 6.07) is 0.649. The van der Waals surface area contributed by atoms with Gasteiger partial charge in [-0.25, -0.2) is 0 Å². The monoisotopic (exact) mass is 210 g/mol. The molecule has 1 saturated heterocycles. The van der Waals surface area contributed by atoms with E-state index in [0.717, 1.165) is 25.6 Å². The molecule has 0 saturated carbocycles. The van der Waals surface area contributed by atoms with Crippen molar-refractivity contribution in [3.63, 3.8) is 0 Å². The standard InChI is InChI=1S/C13H26N2/c1-10(2)8-15(11(3)4)9-12(5)13-6-14-7-13/h10-11,14H,6-9H2,1-5H3. The van der Waals surface area contributed by atoms with Crippen molar-refractivity contribution in [1.82, 2.24) is 10.2 Å². The van der Waals surface area contributed by atoms with Gasteiger partial charge in [-0.15, -0.1) is 0 Å². The molecule has 1 aliphatic rings. The van der Waals surface area contributed by atoms with Gasteiger partial charge in [-0.3, -0.25) is 4.90 Å². The minimum absolute atomic E-state index is 0.649. The Balaban J connectivity index is 2.50. The van der Waals surface area contributed by atoms with E-state index in [4.69, 9.17) is 0 Å². The maximum atomic E-state index is 3.31. The molecule has 0 aromatic heterocycles. The maximum Gasteiger partial charge on any atom is 0.0196 e. The third-order valence-corrected chi connectivity index (χ3v) is 3.05. The number of rotatable bonds is 5. The number of hydrogen-bond donors (Lipinski definition) is 1. The number of hydrogen-bond acceptors (Lipinski definition) is 2. The van der Waals surface area contributed by atoms with Crippen molar-refractivity contribution < 1.29 is 0 Å². The lowest BCUT2D eigenvalue weighted by atomic mass is 10.0. The molecule has 1 N–H and O–H groups in total. The van der Waals surface area contributed by atoms with Gasteiger partial charge in [-0.2, -0.15) is 0 Å². The SMILES string of the molecule is CC(CN(CC(C)C)C(C)C)=C1CNC1. The summed E-state index contributed by atoms with van der Waals surface area (Å²) in [4.78, 5) is 2.57. The van der Waals surface area contributed by atoms with E-state index in [0.29, 0.717) is 6.04 Å². The fourth-order valence-electron chi connectivity index (χ4n) is 1.90. The molecule has 88 valence electrons. The molecule has 0 radical (unpaired) electrons. The van der Waals surface area contributed by atoms with Crippen LogP contribution in [0.3, 0.4) is 0 Å². The lowest BCUT2D eigenvalue weighted by Crippen LogP contribution is -2.39. The lowest BCUT2D eigenvalue weighted by Gasteiger charge is -2.31. The van der Waals surface area contributed by atoms with Crippen molar-refractivity contribution >= 4 is 0 Å². The van der Waals surface area contributed by atoms with Crippen LogP contribution < -0.4 is 5.32 Å². The molecular formula is C13H26N2. The molecule has 1 fully saturated rings. The Morgan fingerprint density at radius 3 is 2.20 bits per heavy atom. The van der Waals surface area contributed by atoms with Gasteiger partial charge >= 0.3 is 0 Å². The van der Waals surface area contributed by atoms with Crippen molar-refractivity contribution in [2.45, 2.75) is 40.7 Å². The van der Waals surface area contributed by atoms with Crippen LogP contribution in [0.5, 0.6) is 0 Å². The van der Waals surface area contributed by atoms with E-state index in [1.54, 1.807) is 11.1 Å². The summed E-state index contributed by atoms with van der Waals surface area (Å²) in [5.41, 5.74) is 3.19. The van der Waals surface area contributed by atoms with Crippen molar-refractivity contribution in [3.05, 3.63) is 11.1 Å². The van der Waals surface area contributed by atoms with Crippen LogP contribution in [0.15, 0.2) is 11.1 Å². The van der Waals surface area contributed by atoms with Gasteiger partial charge < -0.3 is 5.32 Å². The van der Waals surface area contributed by atoms with Gasteiger partial charge in [0.25, 0.3) is 0 Å². The van der Waals surface area contributed by atoms with Gasteiger partial charge in [0.1, 0.15) is 0 Å². The first-order chi connectivity index (χ1) is 7.00. The molecule has 0 aromatic carbocycles. The maximum absolute atomic E-state index is 3.31. The first kappa shape index (κ1) is 12.7. The van der Waals surface area contributed by atoms with Gasteiger partial charge in [0.05, 0.1) is 0 Å². The zero-order valence-corrected chi connectivity index (χ0v) is 10.9. The molecule has 1 aliphatic heterocycles. The molecular weight excluding hydrogens is 184 g/mol. The van der Waals surface area contributed by atoms with Crippen LogP contribution in [0.4, 0.5) is 0 Å². The summed E-state index contributed by atoms with van der Waals surface area (Å²) < 4.78 is 0. The highest BCUT2D eigenvalue weighted by molar-refractivity contribution is 5.22. The molecule has 2 nitrogen and oxygen atoms in total. The van der Waals surface area contributed by atoms with Crippen molar-refractivity contribution in [2.75, 3.05) is 26.2 Å². The van der Waals surface area contributed by atoms with Crippen molar-refractivity contribution in [1.29, 1.82) is 0 Å². The quantitative estimate of drug-likeness (QED) is 0.700. The third kappa shape index (κ3) is 3.96. The van der Waals surface area contributed by atoms with E-state index in [1.165, 1.54) is 6.54 Å². The Hall–Kier alpha value is -0.340. The second kappa shape index (κ2) is 5.66. The van der Waals surface area contributed by atoms with E-state index in [2.05, 4.69) is 44.8 Å². The summed E-state index contributed by atoms with van der Waals surface area (Å²) in [6.07, 6.45) is 0. The highest BCUT2D eigenvalue weighted by Crippen LogP contribution is 2.13. The van der Waals surface area contributed by atoms with Gasteiger partial charge in [-0.05, 0) is 32.3 Å². The second-order valence-electron chi connectivity index (χ2n) is 5.40. The fraction of sp³-hybridized carbons (Fsp3) is 0.846. The highest BCUT2D eigenvalue weighted by Gasteiger charge is 2.16. The number of nitrogens with zero attached hydrogens (tertiary/aromatic N) is 1. The van der Waals surface area contributed by atoms with Crippen molar-refractivity contribution in [2.24, 2.45) is 5.92 Å². The summed E-state index contributed by atoms with van der Waals surface area (Å²) in [7, 11) is 0. The third-order valence-electron chi connectivity index (χ3n) is 3.05. The number of nitrogens with one attached hydrogen (secondary N) is 1. The molecule has 0 amide bonds. The predicted octanol–water partition coefficient (Wildman–Crippen LogP) is 2.27. The Kier molecular flexibility index (Phi) is 4.81. The van der Waals surface area contributed by atoms with Crippen molar-refractivity contribution in [3.8, 4) is 0 Å². The van der Waals surface area contributed by atoms with Crippen LogP contribution >= 0.6 is 0 Å². The molecule has 0 bridgehead atoms.